The van der Waals surface area contributed by atoms with E-state index in [-0.39, 0.29) is 62.0 Å². The highest BCUT2D eigenvalue weighted by molar-refractivity contribution is 8.76. The van der Waals surface area contributed by atoms with Crippen molar-refractivity contribution in [2.45, 2.75) is 108 Å². The molecular weight excluding hydrogens is 745 g/mol. The number of aliphatic imine (C=N–C) groups is 1. The molecule has 0 bridgehead atoms. The van der Waals surface area contributed by atoms with Gasteiger partial charge in [0.15, 0.2) is 5.96 Å². The van der Waals surface area contributed by atoms with Crippen molar-refractivity contribution in [1.82, 2.24) is 31.9 Å². The van der Waals surface area contributed by atoms with Gasteiger partial charge in [-0.05, 0) is 76.8 Å². The summed E-state index contributed by atoms with van der Waals surface area (Å²) in [4.78, 5) is 96.3. The number of amides is 6. The van der Waals surface area contributed by atoms with E-state index in [2.05, 4.69) is 36.9 Å². The summed E-state index contributed by atoms with van der Waals surface area (Å²) in [5.41, 5.74) is 28.2. The second-order valence-electron chi connectivity index (χ2n) is 13.2. The first kappa shape index (κ1) is 48.2. The highest BCUT2D eigenvalue weighted by atomic mass is 33.1. The molecule has 0 spiro atoms. The SMILES string of the molecule is CC(C)C[C@@H]1NC(=O)[C@H](CCCCN)NC(=O)[C@H](CCCN=C(N)N)NC(=O)[C@@H](CCCCN)NC(=O)CNC(=O)[C@@H](N)CSSC[C@@H](C(=O)O)NC1=O. The van der Waals surface area contributed by atoms with Crippen LogP contribution in [0.5, 0.6) is 0 Å². The van der Waals surface area contributed by atoms with Gasteiger partial charge in [0.25, 0.3) is 0 Å². The molecule has 20 nitrogen and oxygen atoms in total. The molecule has 1 heterocycles. The Morgan fingerprint density at radius 3 is 1.70 bits per heavy atom. The number of rotatable bonds is 15. The van der Waals surface area contributed by atoms with E-state index in [9.17, 15) is 38.7 Å². The van der Waals surface area contributed by atoms with Crippen molar-refractivity contribution in [2.75, 3.05) is 37.7 Å². The molecular formula is C32H60N12O8S2. The number of unbranched alkanes of at least 4 members (excludes halogenated alkanes) is 2. The normalized spacial score (nSPS) is 24.6. The lowest BCUT2D eigenvalue weighted by atomic mass is 10.0. The van der Waals surface area contributed by atoms with Crippen molar-refractivity contribution in [2.24, 2.45) is 39.6 Å². The number of carbonyl (C=O) groups excluding carboxylic acids is 6. The first-order chi connectivity index (χ1) is 25.6. The van der Waals surface area contributed by atoms with Gasteiger partial charge in [-0.15, -0.1) is 0 Å². The summed E-state index contributed by atoms with van der Waals surface area (Å²) in [6.07, 6.45) is 2.70. The Morgan fingerprint density at radius 1 is 0.722 bits per heavy atom. The van der Waals surface area contributed by atoms with Crippen LogP contribution in [0.25, 0.3) is 0 Å². The largest absolute Gasteiger partial charge is 0.480 e. The average molecular weight is 805 g/mol. The summed E-state index contributed by atoms with van der Waals surface area (Å²) in [5.74, 6) is -5.82. The highest BCUT2D eigenvalue weighted by Gasteiger charge is 2.33. The van der Waals surface area contributed by atoms with Crippen molar-refractivity contribution in [3.05, 3.63) is 0 Å². The number of hydrogen-bond donors (Lipinski definition) is 12. The van der Waals surface area contributed by atoms with Gasteiger partial charge >= 0.3 is 5.97 Å². The summed E-state index contributed by atoms with van der Waals surface area (Å²) in [6, 6.07) is -7.07. The van der Waals surface area contributed by atoms with Crippen molar-refractivity contribution in [3.8, 4) is 0 Å². The number of aliphatic carboxylic acids is 1. The van der Waals surface area contributed by atoms with Gasteiger partial charge in [0.05, 0.1) is 12.6 Å². The zero-order valence-electron chi connectivity index (χ0n) is 31.1. The molecule has 0 radical (unpaired) electrons. The minimum Gasteiger partial charge on any atom is -0.480 e. The van der Waals surface area contributed by atoms with Crippen LogP contribution in [0.3, 0.4) is 0 Å². The number of nitrogens with zero attached hydrogens (tertiary/aromatic N) is 1. The summed E-state index contributed by atoms with van der Waals surface area (Å²) in [6.45, 7) is 3.94. The van der Waals surface area contributed by atoms with Gasteiger partial charge in [-0.25, -0.2) is 4.79 Å². The lowest BCUT2D eigenvalue weighted by Gasteiger charge is -2.27. The number of hydrogen-bond acceptors (Lipinski definition) is 13. The van der Waals surface area contributed by atoms with E-state index >= 15 is 0 Å². The molecule has 0 aliphatic carbocycles. The Kier molecular flexibility index (Phi) is 23.9. The molecule has 54 heavy (non-hydrogen) atoms. The molecule has 1 aliphatic heterocycles. The van der Waals surface area contributed by atoms with Gasteiger partial charge in [-0.1, -0.05) is 35.4 Å². The standard InChI is InChI=1S/C32H60N12O8S2/c1-18(2)14-23-30(50)44-24(31(51)52)17-54-53-16-19(35)26(46)39-15-25(45)40-20(8-3-5-11-33)27(47)42-22(10-7-13-38-32(36)37)28(48)41-21(29(49)43-23)9-4-6-12-34/h18-24H,3-17,33-35H2,1-2H3,(H,39,46)(H,40,45)(H,41,48)(H,42,47)(H,43,49)(H,44,50)(H,51,52)(H4,36,37,38)/t19-,20+,21-,22-,23-,24-/m0/s1. The van der Waals surface area contributed by atoms with Crippen LogP contribution in [0, 0.1) is 5.92 Å². The molecule has 17 N–H and O–H groups in total. The van der Waals surface area contributed by atoms with Gasteiger partial charge in [0.1, 0.15) is 30.2 Å². The number of carboxylic acids is 1. The third kappa shape index (κ3) is 20.0. The molecule has 0 unspecified atom stereocenters. The smallest absolute Gasteiger partial charge is 0.327 e. The Balaban J connectivity index is 3.57. The third-order valence-electron chi connectivity index (χ3n) is 8.04. The zero-order valence-corrected chi connectivity index (χ0v) is 32.7. The Bertz CT molecular complexity index is 1270. The van der Waals surface area contributed by atoms with E-state index in [0.29, 0.717) is 38.8 Å². The fourth-order valence-electron chi connectivity index (χ4n) is 5.12. The first-order valence-corrected chi connectivity index (χ1v) is 20.5. The summed E-state index contributed by atoms with van der Waals surface area (Å²) in [5, 5.41) is 25.4. The van der Waals surface area contributed by atoms with Crippen molar-refractivity contribution < 1.29 is 38.7 Å². The summed E-state index contributed by atoms with van der Waals surface area (Å²) in [7, 11) is 2.17. The van der Waals surface area contributed by atoms with Crippen LogP contribution in [0.15, 0.2) is 4.99 Å². The monoisotopic (exact) mass is 804 g/mol. The number of guanidine groups is 1. The van der Waals surface area contributed by atoms with E-state index < -0.39 is 84.2 Å². The molecule has 308 valence electrons. The molecule has 22 heteroatoms. The molecule has 1 rings (SSSR count). The Labute approximate surface area is 324 Å². The maximum Gasteiger partial charge on any atom is 0.327 e. The Hall–Kier alpha value is -3.86. The summed E-state index contributed by atoms with van der Waals surface area (Å²) >= 11 is 0. The maximum atomic E-state index is 13.9. The van der Waals surface area contributed by atoms with Gasteiger partial charge in [0.2, 0.25) is 35.4 Å². The molecule has 1 saturated heterocycles. The van der Waals surface area contributed by atoms with Gasteiger partial charge in [-0.3, -0.25) is 33.8 Å². The molecule has 0 aromatic heterocycles. The number of nitrogens with one attached hydrogen (secondary N) is 6. The topological polar surface area (TPSA) is 354 Å². The second-order valence-corrected chi connectivity index (χ2v) is 15.8. The number of nitrogens with two attached hydrogens (primary N) is 5. The fraction of sp³-hybridized carbons (Fsp3) is 0.750. The Morgan fingerprint density at radius 2 is 1.20 bits per heavy atom. The van der Waals surface area contributed by atoms with Crippen molar-refractivity contribution in [3.63, 3.8) is 0 Å². The quantitative estimate of drug-likeness (QED) is 0.0334. The van der Waals surface area contributed by atoms with Gasteiger partial charge < -0.3 is 65.7 Å². The first-order valence-electron chi connectivity index (χ1n) is 18.1. The van der Waals surface area contributed by atoms with Gasteiger partial charge in [0, 0.05) is 18.1 Å². The zero-order chi connectivity index (χ0) is 40.6. The lowest BCUT2D eigenvalue weighted by molar-refractivity contribution is -0.141. The molecule has 1 aliphatic rings. The van der Waals surface area contributed by atoms with Crippen molar-refractivity contribution in [1.29, 1.82) is 0 Å². The average Bonchev–Trinajstić information content (AvgIpc) is 3.10. The number of carbonyl (C=O) groups is 7. The van der Waals surface area contributed by atoms with E-state index in [4.69, 9.17) is 28.7 Å². The summed E-state index contributed by atoms with van der Waals surface area (Å²) < 4.78 is 0. The minimum atomic E-state index is -1.35. The maximum absolute atomic E-state index is 13.9. The van der Waals surface area contributed by atoms with Crippen LogP contribution in [0.1, 0.15) is 71.6 Å². The van der Waals surface area contributed by atoms with E-state index in [1.165, 1.54) is 0 Å². The number of carboxylic acid groups (broad SMARTS) is 1. The lowest BCUT2D eigenvalue weighted by Crippen LogP contribution is -2.59. The van der Waals surface area contributed by atoms with E-state index in [0.717, 1.165) is 21.6 Å². The predicted octanol–water partition coefficient (Wildman–Crippen LogP) is -3.31. The predicted molar refractivity (Wildman–Crippen MR) is 208 cm³/mol. The third-order valence-corrected chi connectivity index (χ3v) is 10.5. The van der Waals surface area contributed by atoms with Crippen LogP contribution in [-0.2, 0) is 33.6 Å². The molecule has 6 atom stereocenters. The highest BCUT2D eigenvalue weighted by Crippen LogP contribution is 2.23. The second kappa shape index (κ2) is 26.8. The van der Waals surface area contributed by atoms with Crippen LogP contribution < -0.4 is 60.6 Å². The molecule has 6 amide bonds. The minimum absolute atomic E-state index is 0.0356. The van der Waals surface area contributed by atoms with Crippen LogP contribution in [-0.4, -0.2) is 126 Å². The van der Waals surface area contributed by atoms with Crippen LogP contribution in [0.2, 0.25) is 0 Å². The molecule has 0 aromatic carbocycles. The van der Waals surface area contributed by atoms with Gasteiger partial charge in [-0.2, -0.15) is 0 Å². The van der Waals surface area contributed by atoms with Crippen LogP contribution >= 0.6 is 21.6 Å². The molecule has 0 saturated carbocycles. The van der Waals surface area contributed by atoms with Crippen LogP contribution in [0.4, 0.5) is 0 Å². The molecule has 0 aromatic rings. The fourth-order valence-corrected chi connectivity index (χ4v) is 7.40. The van der Waals surface area contributed by atoms with E-state index in [1.807, 2.05) is 13.8 Å². The van der Waals surface area contributed by atoms with Crippen molar-refractivity contribution >= 4 is 69.0 Å². The molecule has 1 fully saturated rings. The van der Waals surface area contributed by atoms with E-state index in [1.54, 1.807) is 0 Å².